The topological polar surface area (TPSA) is 33.2 Å². The fourth-order valence-corrected chi connectivity index (χ4v) is 2.78. The minimum atomic E-state index is 0.0707. The molecule has 1 aliphatic heterocycles. The molecule has 1 atom stereocenters. The Kier molecular flexibility index (Phi) is 3.56. The Morgan fingerprint density at radius 2 is 2.31 bits per heavy atom. The normalized spacial score (nSPS) is 20.6. The highest BCUT2D eigenvalue weighted by molar-refractivity contribution is 9.10. The van der Waals surface area contributed by atoms with Crippen LogP contribution >= 0.6 is 43.5 Å². The van der Waals surface area contributed by atoms with Gasteiger partial charge in [-0.2, -0.15) is 0 Å². The van der Waals surface area contributed by atoms with Crippen molar-refractivity contribution in [3.05, 3.63) is 21.4 Å². The van der Waals surface area contributed by atoms with Crippen LogP contribution in [0.1, 0.15) is 12.1 Å². The van der Waals surface area contributed by atoms with E-state index in [0.717, 1.165) is 10.2 Å². The zero-order chi connectivity index (χ0) is 11.9. The van der Waals surface area contributed by atoms with Gasteiger partial charge in [-0.3, -0.25) is 4.79 Å². The summed E-state index contributed by atoms with van der Waals surface area (Å²) in [4.78, 5) is 17.8. The van der Waals surface area contributed by atoms with E-state index in [0.29, 0.717) is 23.8 Å². The molecular weight excluding hydrogens is 359 g/mol. The van der Waals surface area contributed by atoms with Crippen LogP contribution in [0, 0.1) is 6.92 Å². The van der Waals surface area contributed by atoms with Gasteiger partial charge in [0.05, 0.1) is 11.4 Å². The molecule has 16 heavy (non-hydrogen) atoms. The van der Waals surface area contributed by atoms with Crippen LogP contribution in [0.3, 0.4) is 0 Å². The lowest BCUT2D eigenvalue weighted by Gasteiger charge is -2.17. The van der Waals surface area contributed by atoms with Crippen molar-refractivity contribution in [1.82, 2.24) is 4.98 Å². The lowest BCUT2D eigenvalue weighted by Crippen LogP contribution is -2.25. The van der Waals surface area contributed by atoms with Gasteiger partial charge in [-0.25, -0.2) is 4.98 Å². The highest BCUT2D eigenvalue weighted by atomic mass is 79.9. The fraction of sp³-hybridized carbons (Fsp3) is 0.400. The quantitative estimate of drug-likeness (QED) is 0.563. The van der Waals surface area contributed by atoms with Crippen molar-refractivity contribution < 1.29 is 4.79 Å². The standard InChI is InChI=1S/C10H9Br2ClN2O/c1-5-7(12)3-8(10(13)14-5)15-4-6(11)2-9(15)16/h3,6H,2,4H2,1H3. The smallest absolute Gasteiger partial charge is 0.228 e. The van der Waals surface area contributed by atoms with Gasteiger partial charge in [0.1, 0.15) is 0 Å². The van der Waals surface area contributed by atoms with Crippen molar-refractivity contribution >= 4 is 55.1 Å². The third-order valence-corrected chi connectivity index (χ3v) is 4.15. The van der Waals surface area contributed by atoms with E-state index in [-0.39, 0.29) is 10.7 Å². The van der Waals surface area contributed by atoms with Crippen molar-refractivity contribution in [3.8, 4) is 0 Å². The molecule has 0 radical (unpaired) electrons. The first-order valence-electron chi connectivity index (χ1n) is 4.76. The number of halogens is 3. The molecule has 1 aromatic rings. The van der Waals surface area contributed by atoms with Crippen LogP contribution < -0.4 is 4.90 Å². The Morgan fingerprint density at radius 1 is 1.62 bits per heavy atom. The second-order valence-corrected chi connectivity index (χ2v) is 6.18. The fourth-order valence-electron chi connectivity index (χ4n) is 1.63. The lowest BCUT2D eigenvalue weighted by molar-refractivity contribution is -0.117. The molecule has 1 amide bonds. The van der Waals surface area contributed by atoms with Crippen LogP contribution in [0.4, 0.5) is 5.69 Å². The van der Waals surface area contributed by atoms with Gasteiger partial charge in [-0.05, 0) is 28.9 Å². The highest BCUT2D eigenvalue weighted by Crippen LogP contribution is 2.33. The number of rotatable bonds is 1. The molecule has 0 aliphatic carbocycles. The average molecular weight is 368 g/mol. The number of amides is 1. The number of alkyl halides is 1. The van der Waals surface area contributed by atoms with Gasteiger partial charge in [0.25, 0.3) is 0 Å². The highest BCUT2D eigenvalue weighted by Gasteiger charge is 2.30. The molecule has 3 nitrogen and oxygen atoms in total. The van der Waals surface area contributed by atoms with Crippen LogP contribution in [0.5, 0.6) is 0 Å². The van der Waals surface area contributed by atoms with Crippen molar-refractivity contribution in [1.29, 1.82) is 0 Å². The van der Waals surface area contributed by atoms with E-state index in [4.69, 9.17) is 11.6 Å². The van der Waals surface area contributed by atoms with Crippen molar-refractivity contribution in [3.63, 3.8) is 0 Å². The lowest BCUT2D eigenvalue weighted by atomic mass is 10.3. The van der Waals surface area contributed by atoms with Gasteiger partial charge >= 0.3 is 0 Å². The number of aromatic nitrogens is 1. The minimum Gasteiger partial charge on any atom is -0.308 e. The maximum Gasteiger partial charge on any atom is 0.228 e. The van der Waals surface area contributed by atoms with Crippen molar-refractivity contribution in [2.24, 2.45) is 0 Å². The summed E-state index contributed by atoms with van der Waals surface area (Å²) in [5.41, 5.74) is 1.49. The summed E-state index contributed by atoms with van der Waals surface area (Å²) in [6.45, 7) is 2.49. The van der Waals surface area contributed by atoms with E-state index in [1.165, 1.54) is 0 Å². The van der Waals surface area contributed by atoms with E-state index < -0.39 is 0 Å². The first-order valence-corrected chi connectivity index (χ1v) is 6.84. The number of aryl methyl sites for hydroxylation is 1. The summed E-state index contributed by atoms with van der Waals surface area (Å²) < 4.78 is 0.859. The molecule has 0 saturated carbocycles. The average Bonchev–Trinajstić information content (AvgIpc) is 2.51. The minimum absolute atomic E-state index is 0.0707. The molecule has 1 aliphatic rings. The molecule has 0 bridgehead atoms. The second-order valence-electron chi connectivity index (χ2n) is 3.67. The van der Waals surface area contributed by atoms with Gasteiger partial charge in [-0.1, -0.05) is 27.5 Å². The maximum absolute atomic E-state index is 11.7. The first-order chi connectivity index (χ1) is 7.49. The van der Waals surface area contributed by atoms with E-state index in [1.807, 2.05) is 13.0 Å². The molecular formula is C10H9Br2ClN2O. The van der Waals surface area contributed by atoms with Crippen molar-refractivity contribution in [2.75, 3.05) is 11.4 Å². The Balaban J connectivity index is 2.41. The number of hydrogen-bond donors (Lipinski definition) is 0. The Morgan fingerprint density at radius 3 is 2.88 bits per heavy atom. The van der Waals surface area contributed by atoms with Crippen molar-refractivity contribution in [2.45, 2.75) is 18.2 Å². The van der Waals surface area contributed by atoms with Gasteiger partial charge in [0.2, 0.25) is 5.91 Å². The van der Waals surface area contributed by atoms with Crippen LogP contribution in [0.15, 0.2) is 10.5 Å². The van der Waals surface area contributed by atoms with Crippen LogP contribution in [0.25, 0.3) is 0 Å². The summed E-state index contributed by atoms with van der Waals surface area (Å²) in [5.74, 6) is 0.0707. The monoisotopic (exact) mass is 366 g/mol. The number of nitrogens with zero attached hydrogens (tertiary/aromatic N) is 2. The molecule has 1 fully saturated rings. The summed E-state index contributed by atoms with van der Waals surface area (Å²) in [6, 6.07) is 1.84. The van der Waals surface area contributed by atoms with Gasteiger partial charge < -0.3 is 4.90 Å². The zero-order valence-corrected chi connectivity index (χ0v) is 12.4. The van der Waals surface area contributed by atoms with Gasteiger partial charge in [0, 0.05) is 22.3 Å². The Bertz CT molecular complexity index is 453. The zero-order valence-electron chi connectivity index (χ0n) is 8.51. The third-order valence-electron chi connectivity index (χ3n) is 2.45. The predicted molar refractivity (Wildman–Crippen MR) is 71.4 cm³/mol. The SMILES string of the molecule is Cc1nc(Cl)c(N2CC(Br)CC2=O)cc1Br. The van der Waals surface area contributed by atoms with E-state index >= 15 is 0 Å². The maximum atomic E-state index is 11.7. The molecule has 1 aromatic heterocycles. The number of anilines is 1. The second kappa shape index (κ2) is 4.63. The van der Waals surface area contributed by atoms with Crippen LogP contribution in [-0.2, 0) is 4.79 Å². The molecule has 0 spiro atoms. The first kappa shape index (κ1) is 12.3. The van der Waals surface area contributed by atoms with E-state index in [2.05, 4.69) is 36.8 Å². The molecule has 86 valence electrons. The molecule has 6 heteroatoms. The van der Waals surface area contributed by atoms with E-state index in [1.54, 1.807) is 4.90 Å². The molecule has 0 N–H and O–H groups in total. The van der Waals surface area contributed by atoms with Gasteiger partial charge in [-0.15, -0.1) is 0 Å². The third kappa shape index (κ3) is 2.26. The summed E-state index contributed by atoms with van der Waals surface area (Å²) in [6.07, 6.45) is 0.502. The molecule has 2 heterocycles. The number of carbonyl (C=O) groups is 1. The molecule has 2 rings (SSSR count). The largest absolute Gasteiger partial charge is 0.308 e. The summed E-state index contributed by atoms with van der Waals surface area (Å²) in [5, 5.41) is 0.371. The Labute approximate surface area is 115 Å². The number of pyridine rings is 1. The van der Waals surface area contributed by atoms with Gasteiger partial charge in [0.15, 0.2) is 5.15 Å². The summed E-state index contributed by atoms with van der Waals surface area (Å²) in [7, 11) is 0. The number of hydrogen-bond acceptors (Lipinski definition) is 2. The molecule has 1 unspecified atom stereocenters. The molecule has 1 saturated heterocycles. The summed E-state index contributed by atoms with van der Waals surface area (Å²) >= 11 is 12.9. The van der Waals surface area contributed by atoms with Crippen LogP contribution in [-0.4, -0.2) is 22.3 Å². The molecule has 0 aromatic carbocycles. The Hall–Kier alpha value is -0.130. The number of carbonyl (C=O) groups excluding carboxylic acids is 1. The van der Waals surface area contributed by atoms with Crippen LogP contribution in [0.2, 0.25) is 5.15 Å². The predicted octanol–water partition coefficient (Wildman–Crippen LogP) is 3.31. The van der Waals surface area contributed by atoms with E-state index in [9.17, 15) is 4.79 Å².